The molecule has 0 radical (unpaired) electrons. The Labute approximate surface area is 147 Å². The molecule has 6 heteroatoms. The zero-order valence-corrected chi connectivity index (χ0v) is 15.1. The number of rotatable bonds is 4. The summed E-state index contributed by atoms with van der Waals surface area (Å²) in [6.07, 6.45) is -3.74. The topological polar surface area (TPSA) is 9.23 Å². The molecule has 23 heavy (non-hydrogen) atoms. The van der Waals surface area contributed by atoms with Crippen molar-refractivity contribution in [2.75, 3.05) is 6.61 Å². The lowest BCUT2D eigenvalue weighted by Crippen LogP contribution is -2.19. The molecule has 0 heterocycles. The molecule has 2 rings (SSSR count). The molecular formula is C17H17BrClF3O. The third kappa shape index (κ3) is 7.27. The lowest BCUT2D eigenvalue weighted by Gasteiger charge is -2.10. The number of ether oxygens (including phenoxy) is 1. The smallest absolute Gasteiger partial charge is 0.422 e. The summed E-state index contributed by atoms with van der Waals surface area (Å²) in [5, 5.41) is 0.649. The van der Waals surface area contributed by atoms with Crippen molar-refractivity contribution in [2.24, 2.45) is 0 Å². The Morgan fingerprint density at radius 2 is 1.65 bits per heavy atom. The second kappa shape index (κ2) is 9.18. The summed E-state index contributed by atoms with van der Waals surface area (Å²) in [5.41, 5.74) is 1.88. The van der Waals surface area contributed by atoms with Crippen LogP contribution in [0.3, 0.4) is 0 Å². The summed E-state index contributed by atoms with van der Waals surface area (Å²) in [6, 6.07) is 12.0. The summed E-state index contributed by atoms with van der Waals surface area (Å²) < 4.78 is 41.7. The first-order valence-corrected chi connectivity index (χ1v) is 8.23. The summed E-state index contributed by atoms with van der Waals surface area (Å²) >= 11 is 9.48. The first-order chi connectivity index (χ1) is 10.8. The fraction of sp³-hybridized carbons (Fsp3) is 0.294. The fourth-order valence-corrected chi connectivity index (χ4v) is 2.36. The molecule has 0 aliphatic heterocycles. The van der Waals surface area contributed by atoms with E-state index in [1.165, 1.54) is 12.1 Å². The normalized spacial score (nSPS) is 10.7. The van der Waals surface area contributed by atoms with Crippen LogP contribution in [0.4, 0.5) is 13.2 Å². The Kier molecular flexibility index (Phi) is 7.92. The van der Waals surface area contributed by atoms with Crippen molar-refractivity contribution in [2.45, 2.75) is 26.4 Å². The molecular weight excluding hydrogens is 393 g/mol. The van der Waals surface area contributed by atoms with Crippen LogP contribution in [0.1, 0.15) is 25.0 Å². The van der Waals surface area contributed by atoms with E-state index in [0.29, 0.717) is 11.4 Å². The highest BCUT2D eigenvalue weighted by Gasteiger charge is 2.28. The minimum absolute atomic E-state index is 0.191. The van der Waals surface area contributed by atoms with E-state index in [9.17, 15) is 13.2 Å². The molecule has 1 nitrogen and oxygen atoms in total. The predicted molar refractivity (Wildman–Crippen MR) is 91.3 cm³/mol. The zero-order valence-electron chi connectivity index (χ0n) is 12.8. The average Bonchev–Trinajstić information content (AvgIpc) is 2.51. The van der Waals surface area contributed by atoms with Gasteiger partial charge in [0.25, 0.3) is 0 Å². The predicted octanol–water partition coefficient (Wildman–Crippen LogP) is 6.66. The van der Waals surface area contributed by atoms with E-state index < -0.39 is 12.8 Å². The SMILES string of the molecule is CC.FC(F)(F)COc1ccc(Cc2cc(Br)ccc2Cl)cc1. The van der Waals surface area contributed by atoms with E-state index in [1.54, 1.807) is 18.2 Å². The van der Waals surface area contributed by atoms with Crippen LogP contribution >= 0.6 is 27.5 Å². The van der Waals surface area contributed by atoms with Gasteiger partial charge in [0.05, 0.1) is 0 Å². The van der Waals surface area contributed by atoms with Gasteiger partial charge in [0.15, 0.2) is 6.61 Å². The summed E-state index contributed by atoms with van der Waals surface area (Å²) in [5.74, 6) is 0.191. The molecule has 0 saturated carbocycles. The van der Waals surface area contributed by atoms with Gasteiger partial charge < -0.3 is 4.74 Å². The van der Waals surface area contributed by atoms with Gasteiger partial charge in [-0.15, -0.1) is 0 Å². The standard InChI is InChI=1S/C15H11BrClF3O.C2H6/c16-12-3-6-14(17)11(8-12)7-10-1-4-13(5-2-10)21-9-15(18,19)20;1-2/h1-6,8H,7,9H2;1-2H3. The fourth-order valence-electron chi connectivity index (χ4n) is 1.77. The van der Waals surface area contributed by atoms with Gasteiger partial charge in [0.1, 0.15) is 5.75 Å². The number of alkyl halides is 3. The molecule has 0 N–H and O–H groups in total. The van der Waals surface area contributed by atoms with Crippen LogP contribution < -0.4 is 4.74 Å². The maximum absolute atomic E-state index is 12.0. The third-order valence-electron chi connectivity index (χ3n) is 2.73. The van der Waals surface area contributed by atoms with Gasteiger partial charge in [-0.3, -0.25) is 0 Å². The van der Waals surface area contributed by atoms with Crippen molar-refractivity contribution in [3.05, 3.63) is 63.1 Å². The Hall–Kier alpha value is -1.20. The van der Waals surface area contributed by atoms with Gasteiger partial charge in [-0.25, -0.2) is 0 Å². The Balaban J connectivity index is 0.00000127. The molecule has 0 unspecified atom stereocenters. The van der Waals surface area contributed by atoms with Crippen LogP contribution in [0.15, 0.2) is 46.9 Å². The number of benzene rings is 2. The molecule has 0 aliphatic carbocycles. The molecule has 0 atom stereocenters. The van der Waals surface area contributed by atoms with Crippen molar-refractivity contribution in [3.8, 4) is 5.75 Å². The van der Waals surface area contributed by atoms with Crippen LogP contribution in [0.5, 0.6) is 5.75 Å². The van der Waals surface area contributed by atoms with Gasteiger partial charge in [-0.05, 0) is 47.9 Å². The number of halogens is 5. The molecule has 0 fully saturated rings. The highest BCUT2D eigenvalue weighted by atomic mass is 79.9. The van der Waals surface area contributed by atoms with Crippen LogP contribution in [0.25, 0.3) is 0 Å². The van der Waals surface area contributed by atoms with E-state index in [1.807, 2.05) is 26.0 Å². The molecule has 0 bridgehead atoms. The summed E-state index contributed by atoms with van der Waals surface area (Å²) in [4.78, 5) is 0. The Bertz CT molecular complexity index is 612. The number of hydrogen-bond acceptors (Lipinski definition) is 1. The van der Waals surface area contributed by atoms with Crippen LogP contribution in [-0.4, -0.2) is 12.8 Å². The maximum Gasteiger partial charge on any atom is 0.422 e. The van der Waals surface area contributed by atoms with E-state index in [4.69, 9.17) is 11.6 Å². The minimum atomic E-state index is -4.33. The molecule has 0 aliphatic rings. The van der Waals surface area contributed by atoms with Crippen molar-refractivity contribution < 1.29 is 17.9 Å². The van der Waals surface area contributed by atoms with E-state index in [2.05, 4.69) is 20.7 Å². The Morgan fingerprint density at radius 1 is 1.04 bits per heavy atom. The lowest BCUT2D eigenvalue weighted by atomic mass is 10.1. The summed E-state index contributed by atoms with van der Waals surface area (Å²) in [6.45, 7) is 2.71. The van der Waals surface area contributed by atoms with Gasteiger partial charge in [-0.1, -0.05) is 53.5 Å². The third-order valence-corrected chi connectivity index (χ3v) is 3.59. The molecule has 2 aromatic rings. The first kappa shape index (κ1) is 19.8. The average molecular weight is 410 g/mol. The van der Waals surface area contributed by atoms with E-state index >= 15 is 0 Å². The van der Waals surface area contributed by atoms with Crippen molar-refractivity contribution in [1.82, 2.24) is 0 Å². The highest BCUT2D eigenvalue weighted by molar-refractivity contribution is 9.10. The van der Waals surface area contributed by atoms with Crippen LogP contribution in [0, 0.1) is 0 Å². The van der Waals surface area contributed by atoms with Gasteiger partial charge >= 0.3 is 6.18 Å². The Morgan fingerprint density at radius 3 is 2.22 bits per heavy atom. The monoisotopic (exact) mass is 408 g/mol. The molecule has 126 valence electrons. The van der Waals surface area contributed by atoms with Crippen LogP contribution in [0.2, 0.25) is 5.02 Å². The van der Waals surface area contributed by atoms with Crippen molar-refractivity contribution in [3.63, 3.8) is 0 Å². The highest BCUT2D eigenvalue weighted by Crippen LogP contribution is 2.25. The minimum Gasteiger partial charge on any atom is -0.484 e. The van der Waals surface area contributed by atoms with E-state index in [-0.39, 0.29) is 5.75 Å². The van der Waals surface area contributed by atoms with Gasteiger partial charge in [-0.2, -0.15) is 13.2 Å². The maximum atomic E-state index is 12.0. The van der Waals surface area contributed by atoms with Crippen molar-refractivity contribution >= 4 is 27.5 Å². The van der Waals surface area contributed by atoms with Crippen molar-refractivity contribution in [1.29, 1.82) is 0 Å². The second-order valence-electron chi connectivity index (χ2n) is 4.46. The zero-order chi connectivity index (χ0) is 17.5. The molecule has 2 aromatic carbocycles. The number of hydrogen-bond donors (Lipinski definition) is 0. The van der Waals surface area contributed by atoms with Crippen LogP contribution in [-0.2, 0) is 6.42 Å². The molecule has 0 aromatic heterocycles. The first-order valence-electron chi connectivity index (χ1n) is 7.06. The molecule has 0 saturated heterocycles. The van der Waals surface area contributed by atoms with Gasteiger partial charge in [0.2, 0.25) is 0 Å². The summed E-state index contributed by atoms with van der Waals surface area (Å²) in [7, 11) is 0. The van der Waals surface area contributed by atoms with E-state index in [0.717, 1.165) is 15.6 Å². The molecule has 0 spiro atoms. The lowest BCUT2D eigenvalue weighted by molar-refractivity contribution is -0.153. The molecule has 0 amide bonds. The second-order valence-corrected chi connectivity index (χ2v) is 5.78. The largest absolute Gasteiger partial charge is 0.484 e. The van der Waals surface area contributed by atoms with Gasteiger partial charge in [0, 0.05) is 9.50 Å². The quantitative estimate of drug-likeness (QED) is 0.548.